The van der Waals surface area contributed by atoms with Crippen LogP contribution in [-0.2, 0) is 9.53 Å². The first-order valence-corrected chi connectivity index (χ1v) is 6.22. The Labute approximate surface area is 98.1 Å². The minimum absolute atomic E-state index is 0.131. The van der Waals surface area contributed by atoms with Gasteiger partial charge in [-0.1, -0.05) is 13.3 Å². The minimum atomic E-state index is -0.131. The number of nitrogens with zero attached hydrogens (tertiary/aromatic N) is 1. The summed E-state index contributed by atoms with van der Waals surface area (Å²) < 4.78 is 4.66. The van der Waals surface area contributed by atoms with E-state index in [1.165, 1.54) is 26.4 Å². The Morgan fingerprint density at radius 1 is 1.56 bits per heavy atom. The maximum atomic E-state index is 11.1. The van der Waals surface area contributed by atoms with E-state index in [4.69, 9.17) is 5.73 Å². The number of rotatable bonds is 5. The number of carbonyl (C=O) groups excluding carboxylic acids is 1. The second-order valence-corrected chi connectivity index (χ2v) is 4.55. The molecule has 2 N–H and O–H groups in total. The number of ether oxygens (including phenoxy) is 1. The molecule has 16 heavy (non-hydrogen) atoms. The van der Waals surface area contributed by atoms with Gasteiger partial charge in [-0.3, -0.25) is 9.69 Å². The van der Waals surface area contributed by atoms with Gasteiger partial charge in [-0.15, -0.1) is 0 Å². The van der Waals surface area contributed by atoms with Crippen molar-refractivity contribution in [1.82, 2.24) is 4.90 Å². The smallest absolute Gasteiger partial charge is 0.306 e. The van der Waals surface area contributed by atoms with E-state index >= 15 is 0 Å². The van der Waals surface area contributed by atoms with Crippen molar-refractivity contribution in [2.24, 2.45) is 11.7 Å². The molecule has 0 aliphatic carbocycles. The summed E-state index contributed by atoms with van der Waals surface area (Å²) in [6, 6.07) is 0.448. The zero-order valence-corrected chi connectivity index (χ0v) is 10.4. The second-order valence-electron chi connectivity index (χ2n) is 4.55. The molecular formula is C12H24N2O2. The standard InChI is InChI=1S/C12H24N2O2/c1-3-10-4-6-14(11(8-10)9-13)7-5-12(15)16-2/h10-11H,3-9,13H2,1-2H3. The largest absolute Gasteiger partial charge is 0.469 e. The van der Waals surface area contributed by atoms with Gasteiger partial charge < -0.3 is 10.5 Å². The van der Waals surface area contributed by atoms with Gasteiger partial charge in [0, 0.05) is 19.1 Å². The van der Waals surface area contributed by atoms with Crippen LogP contribution in [0.25, 0.3) is 0 Å². The highest BCUT2D eigenvalue weighted by molar-refractivity contribution is 5.69. The van der Waals surface area contributed by atoms with Gasteiger partial charge in [0.2, 0.25) is 0 Å². The van der Waals surface area contributed by atoms with Gasteiger partial charge >= 0.3 is 5.97 Å². The van der Waals surface area contributed by atoms with Crippen molar-refractivity contribution in [2.45, 2.75) is 38.6 Å². The third kappa shape index (κ3) is 3.76. The van der Waals surface area contributed by atoms with Crippen molar-refractivity contribution in [1.29, 1.82) is 0 Å². The molecule has 2 atom stereocenters. The molecule has 94 valence electrons. The SMILES string of the molecule is CCC1CCN(CCC(=O)OC)C(CN)C1. The van der Waals surface area contributed by atoms with E-state index < -0.39 is 0 Å². The van der Waals surface area contributed by atoms with E-state index in [9.17, 15) is 4.79 Å². The lowest BCUT2D eigenvalue weighted by Gasteiger charge is -2.38. The Morgan fingerprint density at radius 2 is 2.31 bits per heavy atom. The van der Waals surface area contributed by atoms with Gasteiger partial charge in [-0.2, -0.15) is 0 Å². The van der Waals surface area contributed by atoms with Crippen LogP contribution in [-0.4, -0.2) is 43.7 Å². The van der Waals surface area contributed by atoms with Gasteiger partial charge in [-0.05, 0) is 25.3 Å². The summed E-state index contributed by atoms with van der Waals surface area (Å²) in [5.74, 6) is 0.677. The number of likely N-dealkylation sites (tertiary alicyclic amines) is 1. The van der Waals surface area contributed by atoms with Crippen molar-refractivity contribution in [3.05, 3.63) is 0 Å². The van der Waals surface area contributed by atoms with Crippen molar-refractivity contribution in [3.8, 4) is 0 Å². The molecule has 4 heteroatoms. The van der Waals surface area contributed by atoms with E-state index in [-0.39, 0.29) is 5.97 Å². The van der Waals surface area contributed by atoms with Crippen LogP contribution >= 0.6 is 0 Å². The van der Waals surface area contributed by atoms with Crippen LogP contribution in [0.2, 0.25) is 0 Å². The highest BCUT2D eigenvalue weighted by atomic mass is 16.5. The monoisotopic (exact) mass is 228 g/mol. The number of esters is 1. The highest BCUT2D eigenvalue weighted by Crippen LogP contribution is 2.24. The molecule has 4 nitrogen and oxygen atoms in total. The molecule has 0 aromatic carbocycles. The van der Waals surface area contributed by atoms with Gasteiger partial charge in [0.05, 0.1) is 13.5 Å². The predicted molar refractivity (Wildman–Crippen MR) is 64.1 cm³/mol. The lowest BCUT2D eigenvalue weighted by Crippen LogP contribution is -2.47. The van der Waals surface area contributed by atoms with Gasteiger partial charge in [0.1, 0.15) is 0 Å². The molecule has 0 amide bonds. The molecule has 1 saturated heterocycles. The molecule has 0 aromatic heterocycles. The molecule has 1 aliphatic heterocycles. The lowest BCUT2D eigenvalue weighted by atomic mass is 9.89. The first-order chi connectivity index (χ1) is 7.71. The van der Waals surface area contributed by atoms with Crippen molar-refractivity contribution >= 4 is 5.97 Å². The Kier molecular flexibility index (Phi) is 5.77. The summed E-state index contributed by atoms with van der Waals surface area (Å²) >= 11 is 0. The van der Waals surface area contributed by atoms with Crippen molar-refractivity contribution < 1.29 is 9.53 Å². The topological polar surface area (TPSA) is 55.6 Å². The van der Waals surface area contributed by atoms with Gasteiger partial charge in [0.15, 0.2) is 0 Å². The summed E-state index contributed by atoms with van der Waals surface area (Å²) in [4.78, 5) is 13.4. The first-order valence-electron chi connectivity index (χ1n) is 6.22. The number of piperidine rings is 1. The summed E-state index contributed by atoms with van der Waals surface area (Å²) in [6.07, 6.45) is 4.12. The molecule has 1 aliphatic rings. The fourth-order valence-corrected chi connectivity index (χ4v) is 2.43. The Hall–Kier alpha value is -0.610. The molecule has 0 spiro atoms. The zero-order chi connectivity index (χ0) is 12.0. The predicted octanol–water partition coefficient (Wildman–Crippen LogP) is 0.999. The fraction of sp³-hybridized carbons (Fsp3) is 0.917. The van der Waals surface area contributed by atoms with Gasteiger partial charge in [-0.25, -0.2) is 0 Å². The van der Waals surface area contributed by atoms with Crippen LogP contribution in [0.4, 0.5) is 0 Å². The fourth-order valence-electron chi connectivity index (χ4n) is 2.43. The Bertz CT molecular complexity index is 221. The summed E-state index contributed by atoms with van der Waals surface area (Å²) in [5.41, 5.74) is 5.79. The maximum Gasteiger partial charge on any atom is 0.306 e. The average Bonchev–Trinajstić information content (AvgIpc) is 2.35. The number of nitrogens with two attached hydrogens (primary N) is 1. The van der Waals surface area contributed by atoms with E-state index in [1.807, 2.05) is 0 Å². The summed E-state index contributed by atoms with van der Waals surface area (Å²) in [7, 11) is 1.44. The molecule has 1 rings (SSSR count). The van der Waals surface area contributed by atoms with Gasteiger partial charge in [0.25, 0.3) is 0 Å². The number of methoxy groups -OCH3 is 1. The van der Waals surface area contributed by atoms with E-state index in [1.54, 1.807) is 0 Å². The number of carbonyl (C=O) groups is 1. The molecule has 1 fully saturated rings. The van der Waals surface area contributed by atoms with Crippen molar-refractivity contribution in [2.75, 3.05) is 26.7 Å². The molecule has 2 unspecified atom stereocenters. The summed E-state index contributed by atoms with van der Waals surface area (Å²) in [6.45, 7) is 4.78. The quantitative estimate of drug-likeness (QED) is 0.713. The van der Waals surface area contributed by atoms with Crippen LogP contribution in [0.1, 0.15) is 32.6 Å². The minimum Gasteiger partial charge on any atom is -0.469 e. The molecule has 0 radical (unpaired) electrons. The van der Waals surface area contributed by atoms with Crippen LogP contribution in [0.15, 0.2) is 0 Å². The molecule has 0 saturated carbocycles. The molecule has 0 aromatic rings. The molecule has 0 bridgehead atoms. The molecular weight excluding hydrogens is 204 g/mol. The van der Waals surface area contributed by atoms with E-state index in [0.29, 0.717) is 19.0 Å². The third-order valence-electron chi connectivity index (χ3n) is 3.63. The normalized spacial score (nSPS) is 26.7. The lowest BCUT2D eigenvalue weighted by molar-refractivity contribution is -0.141. The zero-order valence-electron chi connectivity index (χ0n) is 10.4. The van der Waals surface area contributed by atoms with Crippen molar-refractivity contribution in [3.63, 3.8) is 0 Å². The molecule has 1 heterocycles. The Balaban J connectivity index is 2.38. The highest BCUT2D eigenvalue weighted by Gasteiger charge is 2.26. The summed E-state index contributed by atoms with van der Waals surface area (Å²) in [5, 5.41) is 0. The third-order valence-corrected chi connectivity index (χ3v) is 3.63. The number of hydrogen-bond donors (Lipinski definition) is 1. The van der Waals surface area contributed by atoms with Crippen LogP contribution in [0.3, 0.4) is 0 Å². The first kappa shape index (κ1) is 13.5. The maximum absolute atomic E-state index is 11.1. The van der Waals surface area contributed by atoms with E-state index in [2.05, 4.69) is 16.6 Å². The average molecular weight is 228 g/mol. The van der Waals surface area contributed by atoms with E-state index in [0.717, 1.165) is 19.0 Å². The van der Waals surface area contributed by atoms with Crippen LogP contribution in [0, 0.1) is 5.92 Å². The number of hydrogen-bond acceptors (Lipinski definition) is 4. The van der Waals surface area contributed by atoms with Crippen LogP contribution < -0.4 is 5.73 Å². The second kappa shape index (κ2) is 6.86. The van der Waals surface area contributed by atoms with Crippen LogP contribution in [0.5, 0.6) is 0 Å². The Morgan fingerprint density at radius 3 is 2.88 bits per heavy atom.